The molecule has 0 unspecified atom stereocenters. The van der Waals surface area contributed by atoms with Gasteiger partial charge in [-0.05, 0) is 58.0 Å². The molecule has 27 heavy (non-hydrogen) atoms. The maximum Gasteiger partial charge on any atom is 0.253 e. The highest BCUT2D eigenvalue weighted by Crippen LogP contribution is 2.16. The molecule has 0 saturated heterocycles. The highest BCUT2D eigenvalue weighted by Gasteiger charge is 2.22. The van der Waals surface area contributed by atoms with Crippen LogP contribution in [0.25, 0.3) is 0 Å². The van der Waals surface area contributed by atoms with Crippen LogP contribution in [0.5, 0.6) is 0 Å². The highest BCUT2D eigenvalue weighted by atomic mass is 79.9. The minimum absolute atomic E-state index is 0.146. The van der Waals surface area contributed by atoms with Gasteiger partial charge < -0.3 is 10.6 Å². The first-order valence-corrected chi connectivity index (χ1v) is 11.1. The Morgan fingerprint density at radius 1 is 1.07 bits per heavy atom. The average molecular weight is 449 g/mol. The third-order valence-electron chi connectivity index (χ3n) is 4.30. The van der Waals surface area contributed by atoms with E-state index in [2.05, 4.69) is 45.6 Å². The normalized spacial score (nSPS) is 12.9. The SMILES string of the molecule is CSCC[C@H](NC(=O)c1ccccc1Br)C(=O)NC[C@@H](C)c1ccccc1. The number of benzene rings is 2. The zero-order chi connectivity index (χ0) is 19.6. The molecule has 0 spiro atoms. The summed E-state index contributed by atoms with van der Waals surface area (Å²) in [5.41, 5.74) is 1.70. The van der Waals surface area contributed by atoms with Crippen molar-refractivity contribution in [2.45, 2.75) is 25.3 Å². The lowest BCUT2D eigenvalue weighted by molar-refractivity contribution is -0.123. The molecule has 4 nitrogen and oxygen atoms in total. The van der Waals surface area contributed by atoms with Gasteiger partial charge in [0.05, 0.1) is 5.56 Å². The molecule has 2 rings (SSSR count). The lowest BCUT2D eigenvalue weighted by atomic mass is 10.0. The molecule has 0 bridgehead atoms. The molecular weight excluding hydrogens is 424 g/mol. The second-order valence-corrected chi connectivity index (χ2v) is 8.18. The van der Waals surface area contributed by atoms with Crippen molar-refractivity contribution >= 4 is 39.5 Å². The van der Waals surface area contributed by atoms with E-state index < -0.39 is 6.04 Å². The summed E-state index contributed by atoms with van der Waals surface area (Å²) in [6, 6.07) is 16.7. The van der Waals surface area contributed by atoms with Crippen LogP contribution in [0.15, 0.2) is 59.1 Å². The monoisotopic (exact) mass is 448 g/mol. The second kappa shape index (κ2) is 11.1. The molecule has 2 atom stereocenters. The Hall–Kier alpha value is -1.79. The van der Waals surface area contributed by atoms with Crippen LogP contribution in [-0.4, -0.2) is 36.4 Å². The number of rotatable bonds is 9. The van der Waals surface area contributed by atoms with Gasteiger partial charge >= 0.3 is 0 Å². The Labute approximate surface area is 173 Å². The van der Waals surface area contributed by atoms with E-state index in [1.165, 1.54) is 5.56 Å². The zero-order valence-electron chi connectivity index (χ0n) is 15.6. The number of carbonyl (C=O) groups excluding carboxylic acids is 2. The fourth-order valence-corrected chi connectivity index (χ4v) is 3.60. The Morgan fingerprint density at radius 2 is 1.74 bits per heavy atom. The summed E-state index contributed by atoms with van der Waals surface area (Å²) in [4.78, 5) is 25.3. The molecule has 2 aromatic rings. The summed E-state index contributed by atoms with van der Waals surface area (Å²) >= 11 is 5.04. The number of nitrogens with one attached hydrogen (secondary N) is 2. The van der Waals surface area contributed by atoms with Crippen LogP contribution in [0.3, 0.4) is 0 Å². The standard InChI is InChI=1S/C21H25BrN2O2S/c1-15(16-8-4-3-5-9-16)14-23-21(26)19(12-13-27-2)24-20(25)17-10-6-7-11-18(17)22/h3-11,15,19H,12-14H2,1-2H3,(H,23,26)(H,24,25)/t15-,19+/m1/s1. The lowest BCUT2D eigenvalue weighted by Crippen LogP contribution is -2.47. The molecule has 0 fully saturated rings. The summed E-state index contributed by atoms with van der Waals surface area (Å²) in [6.45, 7) is 2.61. The number of halogens is 1. The Morgan fingerprint density at radius 3 is 2.41 bits per heavy atom. The molecule has 0 aliphatic heterocycles. The fourth-order valence-electron chi connectivity index (χ4n) is 2.66. The summed E-state index contributed by atoms with van der Waals surface area (Å²) < 4.78 is 0.712. The van der Waals surface area contributed by atoms with Gasteiger partial charge in [0.25, 0.3) is 5.91 Å². The van der Waals surface area contributed by atoms with Gasteiger partial charge in [-0.1, -0.05) is 49.4 Å². The van der Waals surface area contributed by atoms with Crippen LogP contribution in [0.4, 0.5) is 0 Å². The van der Waals surface area contributed by atoms with E-state index in [4.69, 9.17) is 0 Å². The van der Waals surface area contributed by atoms with Crippen LogP contribution < -0.4 is 10.6 Å². The summed E-state index contributed by atoms with van der Waals surface area (Å²) in [7, 11) is 0. The summed E-state index contributed by atoms with van der Waals surface area (Å²) in [5, 5.41) is 5.86. The zero-order valence-corrected chi connectivity index (χ0v) is 18.0. The highest BCUT2D eigenvalue weighted by molar-refractivity contribution is 9.10. The number of hydrogen-bond acceptors (Lipinski definition) is 3. The maximum atomic E-state index is 12.7. The molecule has 2 aromatic carbocycles. The number of hydrogen-bond donors (Lipinski definition) is 2. The van der Waals surface area contributed by atoms with Crippen molar-refractivity contribution in [3.8, 4) is 0 Å². The molecule has 0 aromatic heterocycles. The van der Waals surface area contributed by atoms with E-state index in [1.54, 1.807) is 23.9 Å². The van der Waals surface area contributed by atoms with E-state index in [0.717, 1.165) is 5.75 Å². The minimum Gasteiger partial charge on any atom is -0.354 e. The van der Waals surface area contributed by atoms with Crippen LogP contribution >= 0.6 is 27.7 Å². The summed E-state index contributed by atoms with van der Waals surface area (Å²) in [5.74, 6) is 0.602. The largest absolute Gasteiger partial charge is 0.354 e. The van der Waals surface area contributed by atoms with Gasteiger partial charge in [-0.15, -0.1) is 0 Å². The van der Waals surface area contributed by atoms with Crippen molar-refractivity contribution in [1.82, 2.24) is 10.6 Å². The first kappa shape index (κ1) is 21.5. The molecule has 0 aliphatic rings. The Kier molecular flexibility index (Phi) is 8.88. The van der Waals surface area contributed by atoms with Gasteiger partial charge in [0.2, 0.25) is 5.91 Å². The van der Waals surface area contributed by atoms with Gasteiger partial charge in [-0.2, -0.15) is 11.8 Å². The van der Waals surface area contributed by atoms with E-state index in [0.29, 0.717) is 23.0 Å². The molecule has 2 amide bonds. The Balaban J connectivity index is 1.98. The van der Waals surface area contributed by atoms with Gasteiger partial charge in [0.1, 0.15) is 6.04 Å². The molecular formula is C21H25BrN2O2S. The molecule has 2 N–H and O–H groups in total. The molecule has 6 heteroatoms. The number of thioether (sulfide) groups is 1. The van der Waals surface area contributed by atoms with Gasteiger partial charge in [-0.3, -0.25) is 9.59 Å². The predicted octanol–water partition coefficient (Wildman–Crippen LogP) is 4.22. The van der Waals surface area contributed by atoms with Crippen molar-refractivity contribution in [2.24, 2.45) is 0 Å². The lowest BCUT2D eigenvalue weighted by Gasteiger charge is -2.20. The Bertz CT molecular complexity index is 755. The fraction of sp³-hybridized carbons (Fsp3) is 0.333. The third kappa shape index (κ3) is 6.70. The first-order chi connectivity index (χ1) is 13.0. The van der Waals surface area contributed by atoms with Crippen LogP contribution in [-0.2, 0) is 4.79 Å². The van der Waals surface area contributed by atoms with E-state index >= 15 is 0 Å². The maximum absolute atomic E-state index is 12.7. The van der Waals surface area contributed by atoms with Gasteiger partial charge in [0.15, 0.2) is 0 Å². The van der Waals surface area contributed by atoms with E-state index in [1.807, 2.05) is 36.6 Å². The van der Waals surface area contributed by atoms with Gasteiger partial charge in [0, 0.05) is 11.0 Å². The number of carbonyl (C=O) groups is 2. The molecule has 144 valence electrons. The predicted molar refractivity (Wildman–Crippen MR) is 116 cm³/mol. The van der Waals surface area contributed by atoms with E-state index in [9.17, 15) is 9.59 Å². The third-order valence-corrected chi connectivity index (χ3v) is 5.64. The second-order valence-electron chi connectivity index (χ2n) is 6.34. The minimum atomic E-state index is -0.556. The van der Waals surface area contributed by atoms with Crippen molar-refractivity contribution in [2.75, 3.05) is 18.6 Å². The van der Waals surface area contributed by atoms with Crippen molar-refractivity contribution < 1.29 is 9.59 Å². The molecule has 0 aliphatic carbocycles. The summed E-state index contributed by atoms with van der Waals surface area (Å²) in [6.07, 6.45) is 2.57. The van der Waals surface area contributed by atoms with Crippen LogP contribution in [0.2, 0.25) is 0 Å². The van der Waals surface area contributed by atoms with Crippen molar-refractivity contribution in [1.29, 1.82) is 0 Å². The number of amides is 2. The van der Waals surface area contributed by atoms with Crippen molar-refractivity contribution in [3.05, 3.63) is 70.2 Å². The van der Waals surface area contributed by atoms with Crippen LogP contribution in [0.1, 0.15) is 35.2 Å². The van der Waals surface area contributed by atoms with Crippen LogP contribution in [0, 0.1) is 0 Å². The van der Waals surface area contributed by atoms with E-state index in [-0.39, 0.29) is 17.7 Å². The quantitative estimate of drug-likeness (QED) is 0.603. The molecule has 0 radical (unpaired) electrons. The van der Waals surface area contributed by atoms with Gasteiger partial charge in [-0.25, -0.2) is 0 Å². The smallest absolute Gasteiger partial charge is 0.253 e. The van der Waals surface area contributed by atoms with Crippen molar-refractivity contribution in [3.63, 3.8) is 0 Å². The first-order valence-electron chi connectivity index (χ1n) is 8.90. The average Bonchev–Trinajstić information content (AvgIpc) is 2.69. The topological polar surface area (TPSA) is 58.2 Å². The molecule has 0 heterocycles. The molecule has 0 saturated carbocycles.